The summed E-state index contributed by atoms with van der Waals surface area (Å²) in [5.74, 6) is -0.0463. The molecule has 0 radical (unpaired) electrons. The molecule has 11 heteroatoms. The van der Waals surface area contributed by atoms with Crippen LogP contribution in [0.2, 0.25) is 0 Å². The van der Waals surface area contributed by atoms with Crippen molar-refractivity contribution in [1.29, 1.82) is 0 Å². The maximum Gasteiger partial charge on any atom is 0.319 e. The van der Waals surface area contributed by atoms with E-state index in [0.717, 1.165) is 16.3 Å². The monoisotopic (exact) mass is 513 g/mol. The molecule has 0 bridgehead atoms. The van der Waals surface area contributed by atoms with Gasteiger partial charge in [-0.05, 0) is 17.5 Å². The molecule has 2 aromatic carbocycles. The number of amides is 2. The summed E-state index contributed by atoms with van der Waals surface area (Å²) in [7, 11) is 1.81. The van der Waals surface area contributed by atoms with Crippen molar-refractivity contribution >= 4 is 34.1 Å². The number of aromatic nitrogens is 4. The van der Waals surface area contributed by atoms with Crippen molar-refractivity contribution in [2.24, 2.45) is 7.05 Å². The number of anilines is 2. The number of phenolic OH excluding ortho intramolecular Hbond substituents is 1. The van der Waals surface area contributed by atoms with Gasteiger partial charge < -0.3 is 25.0 Å². The lowest BCUT2D eigenvalue weighted by Crippen LogP contribution is -2.48. The lowest BCUT2D eigenvalue weighted by atomic mass is 10.1. The summed E-state index contributed by atoms with van der Waals surface area (Å²) < 4.78 is 7.51. The topological polar surface area (TPSA) is 126 Å². The van der Waals surface area contributed by atoms with Crippen molar-refractivity contribution in [3.8, 4) is 11.8 Å². The third-order valence-corrected chi connectivity index (χ3v) is 6.24. The van der Waals surface area contributed by atoms with E-state index in [9.17, 15) is 14.7 Å². The van der Waals surface area contributed by atoms with E-state index in [1.807, 2.05) is 42.4 Å². The number of fused-ring (bicyclic) bond motifs is 1. The van der Waals surface area contributed by atoms with Gasteiger partial charge in [0.1, 0.15) is 23.9 Å². The number of benzene rings is 2. The van der Waals surface area contributed by atoms with Gasteiger partial charge in [0.25, 0.3) is 5.91 Å². The van der Waals surface area contributed by atoms with Crippen LogP contribution in [0.5, 0.6) is 11.8 Å². The van der Waals surface area contributed by atoms with Crippen LogP contribution < -0.4 is 15.0 Å². The zero-order chi connectivity index (χ0) is 26.6. The molecule has 194 valence electrons. The van der Waals surface area contributed by atoms with Gasteiger partial charge in [-0.2, -0.15) is 15.1 Å². The molecule has 2 N–H and O–H groups in total. The van der Waals surface area contributed by atoms with E-state index in [2.05, 4.69) is 27.0 Å². The van der Waals surface area contributed by atoms with E-state index in [0.29, 0.717) is 37.7 Å². The van der Waals surface area contributed by atoms with Crippen LogP contribution in [-0.2, 0) is 18.4 Å². The molecular formula is C27H27N7O4. The fourth-order valence-electron chi connectivity index (χ4n) is 4.32. The first-order valence-electron chi connectivity index (χ1n) is 12.1. The number of rotatable bonds is 7. The third kappa shape index (κ3) is 5.41. The van der Waals surface area contributed by atoms with Gasteiger partial charge in [-0.1, -0.05) is 30.8 Å². The number of nitrogens with one attached hydrogen (secondary N) is 1. The molecule has 11 nitrogen and oxygen atoms in total. The average molecular weight is 514 g/mol. The molecule has 5 rings (SSSR count). The Hall–Kier alpha value is -4.93. The fourth-order valence-corrected chi connectivity index (χ4v) is 4.32. The Balaban J connectivity index is 1.42. The summed E-state index contributed by atoms with van der Waals surface area (Å²) in [5.41, 5.74) is 1.39. The van der Waals surface area contributed by atoms with E-state index < -0.39 is 5.91 Å². The second kappa shape index (κ2) is 10.6. The predicted octanol–water partition coefficient (Wildman–Crippen LogP) is 2.73. The number of aryl methyl sites for hydroxylation is 1. The highest BCUT2D eigenvalue weighted by molar-refractivity contribution is 6.09. The summed E-state index contributed by atoms with van der Waals surface area (Å²) >= 11 is 0. The third-order valence-electron chi connectivity index (χ3n) is 6.24. The second-order valence-electron chi connectivity index (χ2n) is 8.89. The number of nitrogens with zero attached hydrogens (tertiary/aromatic N) is 6. The summed E-state index contributed by atoms with van der Waals surface area (Å²) in [4.78, 5) is 38.0. The van der Waals surface area contributed by atoms with Crippen molar-refractivity contribution in [2.45, 2.75) is 6.61 Å². The fraction of sp³-hybridized carbons (Fsp3) is 0.222. The smallest absolute Gasteiger partial charge is 0.319 e. The first kappa shape index (κ1) is 24.8. The summed E-state index contributed by atoms with van der Waals surface area (Å²) in [6.45, 7) is 5.78. The van der Waals surface area contributed by atoms with Gasteiger partial charge in [0.05, 0.1) is 11.9 Å². The molecule has 1 saturated heterocycles. The van der Waals surface area contributed by atoms with Crippen LogP contribution in [0.1, 0.15) is 16.1 Å². The first-order valence-corrected chi connectivity index (χ1v) is 12.1. The Labute approximate surface area is 219 Å². The van der Waals surface area contributed by atoms with Gasteiger partial charge in [-0.15, -0.1) is 0 Å². The zero-order valence-electron chi connectivity index (χ0n) is 20.9. The van der Waals surface area contributed by atoms with Gasteiger partial charge in [0.2, 0.25) is 5.91 Å². The minimum Gasteiger partial charge on any atom is -0.508 e. The average Bonchev–Trinajstić information content (AvgIpc) is 3.36. The number of carbonyl (C=O) groups excluding carboxylic acids is 2. The number of aromatic hydroxyl groups is 1. The molecule has 1 aliphatic rings. The Bertz CT molecular complexity index is 1510. The van der Waals surface area contributed by atoms with E-state index in [1.54, 1.807) is 27.9 Å². The van der Waals surface area contributed by atoms with Crippen LogP contribution >= 0.6 is 0 Å². The van der Waals surface area contributed by atoms with Crippen molar-refractivity contribution in [3.63, 3.8) is 0 Å². The SMILES string of the molecule is C=CC(=O)N1CCN(c2cc(C(=O)Nc3cc(O)cc4ccccc34)nc(OCc3cnn(C)c3)n2)CC1. The van der Waals surface area contributed by atoms with Crippen molar-refractivity contribution in [2.75, 3.05) is 36.4 Å². The number of hydrogen-bond donors (Lipinski definition) is 2. The normalized spacial score (nSPS) is 13.4. The maximum absolute atomic E-state index is 13.4. The molecule has 0 aliphatic carbocycles. The number of carbonyl (C=O) groups is 2. The molecule has 0 saturated carbocycles. The molecule has 3 heterocycles. The Morgan fingerprint density at radius 2 is 1.92 bits per heavy atom. The lowest BCUT2D eigenvalue weighted by Gasteiger charge is -2.35. The van der Waals surface area contributed by atoms with Crippen LogP contribution in [-0.4, -0.2) is 67.7 Å². The zero-order valence-corrected chi connectivity index (χ0v) is 20.9. The highest BCUT2D eigenvalue weighted by Gasteiger charge is 2.23. The van der Waals surface area contributed by atoms with Crippen LogP contribution in [0.3, 0.4) is 0 Å². The summed E-state index contributed by atoms with van der Waals surface area (Å²) in [5, 5.41) is 18.7. The molecular weight excluding hydrogens is 486 g/mol. The summed E-state index contributed by atoms with van der Waals surface area (Å²) in [6, 6.07) is 12.2. The lowest BCUT2D eigenvalue weighted by molar-refractivity contribution is -0.126. The van der Waals surface area contributed by atoms with E-state index >= 15 is 0 Å². The number of hydrogen-bond acceptors (Lipinski definition) is 8. The van der Waals surface area contributed by atoms with E-state index in [4.69, 9.17) is 4.74 Å². The van der Waals surface area contributed by atoms with Gasteiger partial charge in [-0.3, -0.25) is 14.3 Å². The molecule has 1 fully saturated rings. The highest BCUT2D eigenvalue weighted by Crippen LogP contribution is 2.29. The Morgan fingerprint density at radius 3 is 2.66 bits per heavy atom. The molecule has 38 heavy (non-hydrogen) atoms. The number of ether oxygens (including phenoxy) is 1. The van der Waals surface area contributed by atoms with E-state index in [-0.39, 0.29) is 30.0 Å². The van der Waals surface area contributed by atoms with Crippen LogP contribution in [0.25, 0.3) is 10.8 Å². The minimum absolute atomic E-state index is 0.0369. The highest BCUT2D eigenvalue weighted by atomic mass is 16.5. The molecule has 2 amide bonds. The molecule has 1 aliphatic heterocycles. The largest absolute Gasteiger partial charge is 0.508 e. The molecule has 0 spiro atoms. The standard InChI is InChI=1S/C27H27N7O4/c1-3-25(36)34-10-8-33(9-11-34)24-14-23(30-27(31-24)38-17-18-15-28-32(2)16-18)26(37)29-22-13-20(35)12-19-6-4-5-7-21(19)22/h3-7,12-16,35H,1,8-11,17H2,2H3,(H,29,37). The Morgan fingerprint density at radius 1 is 1.13 bits per heavy atom. The van der Waals surface area contributed by atoms with Crippen molar-refractivity contribution < 1.29 is 19.4 Å². The number of piperazine rings is 1. The predicted molar refractivity (Wildman–Crippen MR) is 142 cm³/mol. The van der Waals surface area contributed by atoms with Gasteiger partial charge in [0, 0.05) is 62.5 Å². The summed E-state index contributed by atoms with van der Waals surface area (Å²) in [6.07, 6.45) is 4.80. The number of phenols is 1. The van der Waals surface area contributed by atoms with Gasteiger partial charge >= 0.3 is 6.01 Å². The Kier molecular flexibility index (Phi) is 6.90. The molecule has 4 aromatic rings. The van der Waals surface area contributed by atoms with Crippen LogP contribution in [0.4, 0.5) is 11.5 Å². The molecule has 0 unspecified atom stereocenters. The first-order chi connectivity index (χ1) is 18.4. The molecule has 0 atom stereocenters. The van der Waals surface area contributed by atoms with E-state index in [1.165, 1.54) is 12.1 Å². The van der Waals surface area contributed by atoms with Crippen molar-refractivity contribution in [1.82, 2.24) is 24.6 Å². The quantitative estimate of drug-likeness (QED) is 0.362. The van der Waals surface area contributed by atoms with Gasteiger partial charge in [0.15, 0.2) is 0 Å². The van der Waals surface area contributed by atoms with Gasteiger partial charge in [-0.25, -0.2) is 0 Å². The van der Waals surface area contributed by atoms with Crippen LogP contribution in [0, 0.1) is 0 Å². The maximum atomic E-state index is 13.4. The van der Waals surface area contributed by atoms with Crippen LogP contribution in [0.15, 0.2) is 67.5 Å². The molecule has 2 aromatic heterocycles. The van der Waals surface area contributed by atoms with Crippen molar-refractivity contribution in [3.05, 3.63) is 78.8 Å². The minimum atomic E-state index is -0.476. The second-order valence-corrected chi connectivity index (χ2v) is 8.89.